The standard InChI is InChI=1S/C27H27N3O5/c1-18-5-7-21-22(14-18)27(33)30(26(21)32)13-3-4-25(31)29-16-20-6-8-23(24(15-20)34-2)35-17-19-9-11-28-12-10-19/h5-12,14-15H,3-4,13,16-17H2,1-2H3,(H,29,31). The average Bonchev–Trinajstić information content (AvgIpc) is 3.11. The van der Waals surface area contributed by atoms with Gasteiger partial charge in [-0.05, 0) is 60.9 Å². The Balaban J connectivity index is 1.24. The maximum absolute atomic E-state index is 12.5. The first-order valence-electron chi connectivity index (χ1n) is 11.4. The number of pyridine rings is 1. The van der Waals surface area contributed by atoms with Gasteiger partial charge in [0.1, 0.15) is 6.61 Å². The minimum atomic E-state index is -0.302. The van der Waals surface area contributed by atoms with Gasteiger partial charge in [0.2, 0.25) is 5.91 Å². The van der Waals surface area contributed by atoms with Gasteiger partial charge in [-0.2, -0.15) is 0 Å². The molecular formula is C27H27N3O5. The molecule has 0 aliphatic carbocycles. The molecule has 4 rings (SSSR count). The lowest BCUT2D eigenvalue weighted by Gasteiger charge is -2.14. The van der Waals surface area contributed by atoms with Crippen LogP contribution in [0.2, 0.25) is 0 Å². The minimum Gasteiger partial charge on any atom is -0.493 e. The van der Waals surface area contributed by atoms with E-state index in [9.17, 15) is 14.4 Å². The molecule has 1 N–H and O–H groups in total. The third kappa shape index (κ3) is 5.66. The van der Waals surface area contributed by atoms with Crippen molar-refractivity contribution in [2.24, 2.45) is 0 Å². The summed E-state index contributed by atoms with van der Waals surface area (Å²) in [6.45, 7) is 2.80. The maximum atomic E-state index is 12.5. The van der Waals surface area contributed by atoms with Crippen LogP contribution in [0.3, 0.4) is 0 Å². The number of ether oxygens (including phenoxy) is 2. The lowest BCUT2D eigenvalue weighted by atomic mass is 10.1. The molecular weight excluding hydrogens is 446 g/mol. The van der Waals surface area contributed by atoms with E-state index in [-0.39, 0.29) is 30.7 Å². The highest BCUT2D eigenvalue weighted by Gasteiger charge is 2.34. The van der Waals surface area contributed by atoms with E-state index in [4.69, 9.17) is 9.47 Å². The van der Waals surface area contributed by atoms with Gasteiger partial charge < -0.3 is 14.8 Å². The van der Waals surface area contributed by atoms with Crippen LogP contribution < -0.4 is 14.8 Å². The Labute approximate surface area is 203 Å². The van der Waals surface area contributed by atoms with Crippen LogP contribution in [-0.4, -0.2) is 41.3 Å². The lowest BCUT2D eigenvalue weighted by molar-refractivity contribution is -0.121. The predicted molar refractivity (Wildman–Crippen MR) is 129 cm³/mol. The van der Waals surface area contributed by atoms with Crippen LogP contribution in [0, 0.1) is 6.92 Å². The minimum absolute atomic E-state index is 0.158. The zero-order chi connectivity index (χ0) is 24.8. The van der Waals surface area contributed by atoms with Crippen LogP contribution >= 0.6 is 0 Å². The third-order valence-electron chi connectivity index (χ3n) is 5.77. The van der Waals surface area contributed by atoms with Crippen LogP contribution in [0.15, 0.2) is 60.9 Å². The summed E-state index contributed by atoms with van der Waals surface area (Å²) in [6, 6.07) is 14.5. The molecule has 0 unspecified atom stereocenters. The van der Waals surface area contributed by atoms with Crippen molar-refractivity contribution in [1.82, 2.24) is 15.2 Å². The number of aromatic nitrogens is 1. The topological polar surface area (TPSA) is 97.8 Å². The summed E-state index contributed by atoms with van der Waals surface area (Å²) < 4.78 is 11.3. The molecule has 0 fully saturated rings. The highest BCUT2D eigenvalue weighted by Crippen LogP contribution is 2.29. The molecule has 35 heavy (non-hydrogen) atoms. The molecule has 2 aromatic carbocycles. The van der Waals surface area contributed by atoms with Gasteiger partial charge in [-0.1, -0.05) is 17.7 Å². The largest absolute Gasteiger partial charge is 0.493 e. The molecule has 1 aromatic heterocycles. The first-order chi connectivity index (χ1) is 17.0. The van der Waals surface area contributed by atoms with E-state index in [0.717, 1.165) is 16.7 Å². The zero-order valence-electron chi connectivity index (χ0n) is 19.7. The van der Waals surface area contributed by atoms with Gasteiger partial charge in [0.25, 0.3) is 11.8 Å². The Hall–Kier alpha value is -4.20. The summed E-state index contributed by atoms with van der Waals surface area (Å²) in [6.07, 6.45) is 4.02. The second-order valence-corrected chi connectivity index (χ2v) is 8.32. The van der Waals surface area contributed by atoms with Gasteiger partial charge in [-0.25, -0.2) is 0 Å². The highest BCUT2D eigenvalue weighted by atomic mass is 16.5. The number of carbonyl (C=O) groups excluding carboxylic acids is 3. The Morgan fingerprint density at radius 2 is 1.71 bits per heavy atom. The summed E-state index contributed by atoms with van der Waals surface area (Å²) in [4.78, 5) is 42.6. The number of aryl methyl sites for hydroxylation is 1. The molecule has 0 saturated carbocycles. The van der Waals surface area contributed by atoms with Gasteiger partial charge in [0.15, 0.2) is 11.5 Å². The molecule has 0 spiro atoms. The molecule has 8 nitrogen and oxygen atoms in total. The summed E-state index contributed by atoms with van der Waals surface area (Å²) in [5, 5.41) is 2.87. The van der Waals surface area contributed by atoms with E-state index in [1.165, 1.54) is 4.90 Å². The predicted octanol–water partition coefficient (Wildman–Crippen LogP) is 3.67. The van der Waals surface area contributed by atoms with Crippen molar-refractivity contribution >= 4 is 17.7 Å². The third-order valence-corrected chi connectivity index (χ3v) is 5.77. The van der Waals surface area contributed by atoms with E-state index in [2.05, 4.69) is 10.3 Å². The number of nitrogens with one attached hydrogen (secondary N) is 1. The summed E-state index contributed by atoms with van der Waals surface area (Å²) in [7, 11) is 1.57. The fourth-order valence-electron chi connectivity index (χ4n) is 3.88. The monoisotopic (exact) mass is 473 g/mol. The number of carbonyl (C=O) groups is 3. The first kappa shape index (κ1) is 23.9. The van der Waals surface area contributed by atoms with Crippen LogP contribution in [0.25, 0.3) is 0 Å². The van der Waals surface area contributed by atoms with Gasteiger partial charge in [-0.3, -0.25) is 24.3 Å². The molecule has 2 heterocycles. The van der Waals surface area contributed by atoms with Crippen LogP contribution in [0.5, 0.6) is 11.5 Å². The van der Waals surface area contributed by atoms with E-state index in [1.807, 2.05) is 43.3 Å². The molecule has 0 atom stereocenters. The highest BCUT2D eigenvalue weighted by molar-refractivity contribution is 6.21. The van der Waals surface area contributed by atoms with Gasteiger partial charge in [0.05, 0.1) is 18.2 Å². The van der Waals surface area contributed by atoms with Crippen molar-refractivity contribution in [3.05, 3.63) is 88.7 Å². The zero-order valence-corrected chi connectivity index (χ0v) is 19.7. The summed E-state index contributed by atoms with van der Waals surface area (Å²) in [5.41, 5.74) is 3.64. The van der Waals surface area contributed by atoms with E-state index in [0.29, 0.717) is 42.2 Å². The van der Waals surface area contributed by atoms with Crippen molar-refractivity contribution in [2.75, 3.05) is 13.7 Å². The van der Waals surface area contributed by atoms with Gasteiger partial charge >= 0.3 is 0 Å². The van der Waals surface area contributed by atoms with E-state index in [1.54, 1.807) is 31.6 Å². The summed E-state index contributed by atoms with van der Waals surface area (Å²) in [5.74, 6) is 0.424. The van der Waals surface area contributed by atoms with Gasteiger partial charge in [0, 0.05) is 31.9 Å². The maximum Gasteiger partial charge on any atom is 0.261 e. The van der Waals surface area contributed by atoms with E-state index >= 15 is 0 Å². The van der Waals surface area contributed by atoms with Crippen molar-refractivity contribution in [3.8, 4) is 11.5 Å². The SMILES string of the molecule is COc1cc(CNC(=O)CCCN2C(=O)c3ccc(C)cc3C2=O)ccc1OCc1ccncc1. The summed E-state index contributed by atoms with van der Waals surface area (Å²) >= 11 is 0. The Morgan fingerprint density at radius 1 is 0.943 bits per heavy atom. The number of hydrogen-bond acceptors (Lipinski definition) is 6. The Morgan fingerprint density at radius 3 is 2.49 bits per heavy atom. The number of nitrogens with zero attached hydrogens (tertiary/aromatic N) is 2. The fourth-order valence-corrected chi connectivity index (χ4v) is 3.88. The number of imide groups is 1. The van der Waals surface area contributed by atoms with Gasteiger partial charge in [-0.15, -0.1) is 0 Å². The Bertz CT molecular complexity index is 1240. The molecule has 0 saturated heterocycles. The van der Waals surface area contributed by atoms with E-state index < -0.39 is 0 Å². The molecule has 3 aromatic rings. The van der Waals surface area contributed by atoms with Crippen LogP contribution in [0.4, 0.5) is 0 Å². The lowest BCUT2D eigenvalue weighted by Crippen LogP contribution is -2.32. The number of hydrogen-bond donors (Lipinski definition) is 1. The molecule has 180 valence electrons. The molecule has 3 amide bonds. The first-order valence-corrected chi connectivity index (χ1v) is 11.4. The quantitative estimate of drug-likeness (QED) is 0.451. The smallest absolute Gasteiger partial charge is 0.261 e. The van der Waals surface area contributed by atoms with Crippen LogP contribution in [-0.2, 0) is 17.9 Å². The van der Waals surface area contributed by atoms with Crippen molar-refractivity contribution < 1.29 is 23.9 Å². The average molecular weight is 474 g/mol. The number of methoxy groups -OCH3 is 1. The number of amides is 3. The number of rotatable bonds is 10. The normalized spacial score (nSPS) is 12.5. The molecule has 1 aliphatic heterocycles. The second-order valence-electron chi connectivity index (χ2n) is 8.32. The Kier molecular flexibility index (Phi) is 7.40. The molecule has 1 aliphatic rings. The van der Waals surface area contributed by atoms with Crippen molar-refractivity contribution in [3.63, 3.8) is 0 Å². The van der Waals surface area contributed by atoms with Crippen molar-refractivity contribution in [2.45, 2.75) is 32.9 Å². The molecule has 0 radical (unpaired) electrons. The van der Waals surface area contributed by atoms with Crippen molar-refractivity contribution in [1.29, 1.82) is 0 Å². The molecule has 0 bridgehead atoms. The fraction of sp³-hybridized carbons (Fsp3) is 0.259. The number of benzene rings is 2. The van der Waals surface area contributed by atoms with Crippen LogP contribution in [0.1, 0.15) is 50.2 Å². The number of fused-ring (bicyclic) bond motifs is 1. The second kappa shape index (κ2) is 10.8. The molecule has 8 heteroatoms.